The quantitative estimate of drug-likeness (QED) is 0.761. The monoisotopic (exact) mass is 233 g/mol. The smallest absolute Gasteiger partial charge is 0.106 e. The Balaban J connectivity index is 2.06. The Hall–Kier alpha value is -0.860. The van der Waals surface area contributed by atoms with Crippen molar-refractivity contribution in [2.24, 2.45) is 5.92 Å². The van der Waals surface area contributed by atoms with Crippen LogP contribution in [0.1, 0.15) is 43.8 Å². The fraction of sp³-hybridized carbons (Fsp3) is 0.600. The minimum absolute atomic E-state index is 0.130. The predicted molar refractivity (Wildman–Crippen MR) is 67.3 cm³/mol. The molecule has 93 valence electrons. The molecule has 0 aliphatic heterocycles. The summed E-state index contributed by atoms with van der Waals surface area (Å²) in [4.78, 5) is 0. The second-order valence-corrected chi connectivity index (χ2v) is 4.80. The van der Waals surface area contributed by atoms with E-state index in [0.717, 1.165) is 0 Å². The summed E-state index contributed by atoms with van der Waals surface area (Å²) >= 11 is 0. The number of hydrogen-bond donors (Lipinski definition) is 0. The van der Waals surface area contributed by atoms with E-state index < -0.39 is 0 Å². The fourth-order valence-electron chi connectivity index (χ4n) is 2.76. The second-order valence-electron chi connectivity index (χ2n) is 4.80. The van der Waals surface area contributed by atoms with E-state index in [2.05, 4.69) is 12.1 Å². The fourth-order valence-corrected chi connectivity index (χ4v) is 2.76. The number of ether oxygens (including phenoxy) is 1. The summed E-state index contributed by atoms with van der Waals surface area (Å²) < 4.78 is 5.80. The van der Waals surface area contributed by atoms with Crippen molar-refractivity contribution in [2.45, 2.75) is 38.2 Å². The topological polar surface area (TPSA) is 29.1 Å². The average Bonchev–Trinajstić information content (AvgIpc) is 2.42. The van der Waals surface area contributed by atoms with Crippen LogP contribution in [0.3, 0.4) is 0 Å². The number of rotatable bonds is 5. The molecule has 1 fully saturated rings. The normalized spacial score (nSPS) is 19.1. The molecule has 2 nitrogen and oxygen atoms in total. The Morgan fingerprint density at radius 2 is 1.82 bits per heavy atom. The first kappa shape index (κ1) is 12.6. The Bertz CT molecular complexity index is 304. The lowest BCUT2D eigenvalue weighted by Gasteiger charge is -2.30. The molecule has 1 aliphatic rings. The highest BCUT2D eigenvalue weighted by molar-refractivity contribution is 5.18. The van der Waals surface area contributed by atoms with Crippen molar-refractivity contribution in [3.63, 3.8) is 0 Å². The van der Waals surface area contributed by atoms with Crippen LogP contribution < -0.4 is 0 Å². The van der Waals surface area contributed by atoms with Crippen LogP contribution in [0.5, 0.6) is 0 Å². The summed E-state index contributed by atoms with van der Waals surface area (Å²) in [5.74, 6) is 0.595. The minimum Gasteiger partial charge on any atom is -0.371 e. The number of benzene rings is 1. The van der Waals surface area contributed by atoms with Gasteiger partial charge in [-0.3, -0.25) is 0 Å². The average molecular weight is 233 g/mol. The van der Waals surface area contributed by atoms with Gasteiger partial charge in [0.15, 0.2) is 0 Å². The maximum Gasteiger partial charge on any atom is 0.106 e. The molecule has 1 aliphatic carbocycles. The molecule has 0 amide bonds. The third kappa shape index (κ3) is 3.55. The molecule has 0 heterocycles. The molecular formula is C15H21O2. The van der Waals surface area contributed by atoms with E-state index in [4.69, 9.17) is 4.74 Å². The predicted octanol–water partition coefficient (Wildman–Crippen LogP) is 3.76. The van der Waals surface area contributed by atoms with E-state index in [-0.39, 0.29) is 12.7 Å². The Morgan fingerprint density at radius 1 is 1.12 bits per heavy atom. The van der Waals surface area contributed by atoms with Gasteiger partial charge in [0.25, 0.3) is 0 Å². The molecule has 0 N–H and O–H groups in total. The molecule has 1 unspecified atom stereocenters. The molecule has 0 saturated heterocycles. The zero-order chi connectivity index (χ0) is 11.9. The van der Waals surface area contributed by atoms with Gasteiger partial charge in [-0.1, -0.05) is 49.6 Å². The van der Waals surface area contributed by atoms with Crippen molar-refractivity contribution >= 4 is 0 Å². The van der Waals surface area contributed by atoms with Crippen LogP contribution in [0, 0.1) is 5.92 Å². The number of hydrogen-bond acceptors (Lipinski definition) is 1. The van der Waals surface area contributed by atoms with Gasteiger partial charge in [-0.15, -0.1) is 0 Å². The van der Waals surface area contributed by atoms with E-state index in [9.17, 15) is 5.11 Å². The van der Waals surface area contributed by atoms with Gasteiger partial charge >= 0.3 is 0 Å². The maximum atomic E-state index is 10.6. The molecule has 1 atom stereocenters. The Labute approximate surface area is 104 Å². The molecular weight excluding hydrogens is 212 g/mol. The first-order valence-electron chi connectivity index (χ1n) is 6.66. The Kier molecular flexibility index (Phi) is 5.02. The van der Waals surface area contributed by atoms with Crippen LogP contribution in [-0.2, 0) is 9.84 Å². The molecule has 1 saturated carbocycles. The van der Waals surface area contributed by atoms with Gasteiger partial charge in [-0.25, -0.2) is 5.11 Å². The largest absolute Gasteiger partial charge is 0.371 e. The lowest BCUT2D eigenvalue weighted by molar-refractivity contribution is -0.0274. The van der Waals surface area contributed by atoms with Crippen LogP contribution >= 0.6 is 0 Å². The molecule has 2 heteroatoms. The molecule has 0 spiro atoms. The zero-order valence-corrected chi connectivity index (χ0v) is 10.3. The van der Waals surface area contributed by atoms with Crippen molar-refractivity contribution in [1.29, 1.82) is 0 Å². The maximum absolute atomic E-state index is 10.6. The molecule has 17 heavy (non-hydrogen) atoms. The van der Waals surface area contributed by atoms with Gasteiger partial charge in [-0.05, 0) is 24.3 Å². The van der Waals surface area contributed by atoms with Crippen LogP contribution in [0.25, 0.3) is 0 Å². The summed E-state index contributed by atoms with van der Waals surface area (Å²) in [5.41, 5.74) is 1.23. The third-order valence-corrected chi connectivity index (χ3v) is 3.59. The van der Waals surface area contributed by atoms with E-state index in [1.165, 1.54) is 37.7 Å². The molecule has 2 rings (SSSR count). The van der Waals surface area contributed by atoms with Gasteiger partial charge in [0, 0.05) is 0 Å². The van der Waals surface area contributed by atoms with E-state index >= 15 is 0 Å². The van der Waals surface area contributed by atoms with E-state index in [1.54, 1.807) is 0 Å². The molecule has 1 radical (unpaired) electrons. The molecule has 1 aromatic rings. The lowest BCUT2D eigenvalue weighted by atomic mass is 9.82. The molecule has 0 bridgehead atoms. The van der Waals surface area contributed by atoms with Crippen LogP contribution in [0.2, 0.25) is 0 Å². The SMILES string of the molecule is [O]CCOC(c1ccccc1)C1CCCCC1. The van der Waals surface area contributed by atoms with Crippen molar-refractivity contribution in [3.8, 4) is 0 Å². The lowest BCUT2D eigenvalue weighted by Crippen LogP contribution is -2.20. The highest BCUT2D eigenvalue weighted by atomic mass is 16.5. The second kappa shape index (κ2) is 6.77. The van der Waals surface area contributed by atoms with Crippen LogP contribution in [0.15, 0.2) is 30.3 Å². The standard InChI is InChI=1S/C15H21O2/c16-11-12-17-15(13-7-3-1-4-8-13)14-9-5-2-6-10-14/h1,3-4,7-8,14-15H,2,5-6,9-12H2. The summed E-state index contributed by atoms with van der Waals surface area (Å²) in [7, 11) is 0. The first-order chi connectivity index (χ1) is 8.42. The van der Waals surface area contributed by atoms with Crippen LogP contribution in [-0.4, -0.2) is 13.2 Å². The zero-order valence-electron chi connectivity index (χ0n) is 10.3. The summed E-state index contributed by atoms with van der Waals surface area (Å²) in [6.07, 6.45) is 6.55. The van der Waals surface area contributed by atoms with Crippen LogP contribution in [0.4, 0.5) is 0 Å². The summed E-state index contributed by atoms with van der Waals surface area (Å²) in [5, 5.41) is 10.6. The van der Waals surface area contributed by atoms with Gasteiger partial charge < -0.3 is 4.74 Å². The van der Waals surface area contributed by atoms with Gasteiger partial charge in [0.2, 0.25) is 0 Å². The van der Waals surface area contributed by atoms with E-state index in [1.807, 2.05) is 18.2 Å². The van der Waals surface area contributed by atoms with Crippen molar-refractivity contribution in [1.82, 2.24) is 0 Å². The van der Waals surface area contributed by atoms with Crippen molar-refractivity contribution < 1.29 is 9.84 Å². The third-order valence-electron chi connectivity index (χ3n) is 3.59. The molecule has 1 aromatic carbocycles. The molecule has 0 aromatic heterocycles. The minimum atomic E-state index is -0.143. The first-order valence-corrected chi connectivity index (χ1v) is 6.66. The van der Waals surface area contributed by atoms with Gasteiger partial charge in [-0.2, -0.15) is 0 Å². The summed E-state index contributed by atoms with van der Waals surface area (Å²) in [6.45, 7) is 0.187. The van der Waals surface area contributed by atoms with Gasteiger partial charge in [0.05, 0.1) is 12.7 Å². The highest BCUT2D eigenvalue weighted by Gasteiger charge is 2.25. The van der Waals surface area contributed by atoms with Gasteiger partial charge in [0.1, 0.15) is 6.61 Å². The van der Waals surface area contributed by atoms with Crippen molar-refractivity contribution in [3.05, 3.63) is 35.9 Å². The Morgan fingerprint density at radius 3 is 2.47 bits per heavy atom. The summed E-state index contributed by atoms with van der Waals surface area (Å²) in [6, 6.07) is 10.3. The van der Waals surface area contributed by atoms with Crippen molar-refractivity contribution in [2.75, 3.05) is 13.2 Å². The highest BCUT2D eigenvalue weighted by Crippen LogP contribution is 2.36. The van der Waals surface area contributed by atoms with E-state index in [0.29, 0.717) is 12.5 Å².